The number of carboxylic acid groups (broad SMARTS) is 1. The summed E-state index contributed by atoms with van der Waals surface area (Å²) >= 11 is 0. The lowest BCUT2D eigenvalue weighted by Crippen LogP contribution is -2.15. The van der Waals surface area contributed by atoms with E-state index in [2.05, 4.69) is 0 Å². The van der Waals surface area contributed by atoms with Crippen LogP contribution in [0.5, 0.6) is 5.75 Å². The van der Waals surface area contributed by atoms with E-state index in [1.807, 2.05) is 0 Å². The standard InChI is InChI=1S/C14H12FNO5/c1-7-5-8(21-12(7)14(18)19)6-20-10-4-2-3-9(15)11(10)13(16)17/h2-5H,6H2,1H3,(H2,16,17)(H,18,19). The molecule has 0 bridgehead atoms. The number of hydrogen-bond acceptors (Lipinski definition) is 4. The van der Waals surface area contributed by atoms with E-state index in [9.17, 15) is 14.0 Å². The summed E-state index contributed by atoms with van der Waals surface area (Å²) in [6, 6.07) is 5.34. The summed E-state index contributed by atoms with van der Waals surface area (Å²) in [6.07, 6.45) is 0. The Morgan fingerprint density at radius 2 is 2.14 bits per heavy atom. The van der Waals surface area contributed by atoms with Crippen LogP contribution in [0.2, 0.25) is 0 Å². The van der Waals surface area contributed by atoms with Crippen molar-refractivity contribution in [3.8, 4) is 5.75 Å². The van der Waals surface area contributed by atoms with Gasteiger partial charge in [-0.1, -0.05) is 6.07 Å². The van der Waals surface area contributed by atoms with E-state index in [0.717, 1.165) is 6.07 Å². The first-order valence-electron chi connectivity index (χ1n) is 5.94. The van der Waals surface area contributed by atoms with Gasteiger partial charge < -0.3 is 20.0 Å². The van der Waals surface area contributed by atoms with Crippen molar-refractivity contribution in [1.29, 1.82) is 0 Å². The molecule has 1 amide bonds. The van der Waals surface area contributed by atoms with Crippen molar-refractivity contribution >= 4 is 11.9 Å². The molecule has 1 heterocycles. The zero-order valence-electron chi connectivity index (χ0n) is 11.1. The average Bonchev–Trinajstić information content (AvgIpc) is 2.77. The second-order valence-corrected chi connectivity index (χ2v) is 4.30. The van der Waals surface area contributed by atoms with Gasteiger partial charge in [0.15, 0.2) is 0 Å². The van der Waals surface area contributed by atoms with E-state index in [1.165, 1.54) is 18.2 Å². The van der Waals surface area contributed by atoms with Crippen LogP contribution in [0.3, 0.4) is 0 Å². The first-order chi connectivity index (χ1) is 9.90. The fourth-order valence-electron chi connectivity index (χ4n) is 1.84. The van der Waals surface area contributed by atoms with Crippen LogP contribution in [0, 0.1) is 12.7 Å². The number of rotatable bonds is 5. The van der Waals surface area contributed by atoms with E-state index >= 15 is 0 Å². The van der Waals surface area contributed by atoms with Crippen LogP contribution in [-0.2, 0) is 6.61 Å². The van der Waals surface area contributed by atoms with Gasteiger partial charge in [0.2, 0.25) is 5.76 Å². The molecule has 21 heavy (non-hydrogen) atoms. The van der Waals surface area contributed by atoms with Crippen molar-refractivity contribution in [2.75, 3.05) is 0 Å². The maximum Gasteiger partial charge on any atom is 0.372 e. The topological polar surface area (TPSA) is 103 Å². The number of amides is 1. The van der Waals surface area contributed by atoms with Crippen molar-refractivity contribution in [3.63, 3.8) is 0 Å². The second-order valence-electron chi connectivity index (χ2n) is 4.30. The summed E-state index contributed by atoms with van der Waals surface area (Å²) < 4.78 is 23.9. The van der Waals surface area contributed by atoms with Crippen molar-refractivity contribution in [1.82, 2.24) is 0 Å². The number of benzene rings is 1. The van der Waals surface area contributed by atoms with Gasteiger partial charge in [0.1, 0.15) is 29.5 Å². The molecule has 2 rings (SSSR count). The molecule has 3 N–H and O–H groups in total. The molecule has 0 fully saturated rings. The lowest BCUT2D eigenvalue weighted by molar-refractivity contribution is 0.0657. The summed E-state index contributed by atoms with van der Waals surface area (Å²) in [5, 5.41) is 8.87. The second kappa shape index (κ2) is 5.66. The Bertz CT molecular complexity index is 707. The van der Waals surface area contributed by atoms with E-state index < -0.39 is 17.7 Å². The number of hydrogen-bond donors (Lipinski definition) is 2. The van der Waals surface area contributed by atoms with Crippen molar-refractivity contribution in [2.45, 2.75) is 13.5 Å². The number of carboxylic acids is 1. The Hall–Kier alpha value is -2.83. The molecule has 0 aliphatic carbocycles. The number of primary amides is 1. The largest absolute Gasteiger partial charge is 0.485 e. The van der Waals surface area contributed by atoms with Crippen LogP contribution >= 0.6 is 0 Å². The van der Waals surface area contributed by atoms with Gasteiger partial charge >= 0.3 is 5.97 Å². The van der Waals surface area contributed by atoms with E-state index in [4.69, 9.17) is 20.0 Å². The highest BCUT2D eigenvalue weighted by Gasteiger charge is 2.17. The van der Waals surface area contributed by atoms with Gasteiger partial charge in [0, 0.05) is 5.56 Å². The van der Waals surface area contributed by atoms with Crippen LogP contribution in [0.15, 0.2) is 28.7 Å². The zero-order valence-corrected chi connectivity index (χ0v) is 11.1. The molecular weight excluding hydrogens is 281 g/mol. The third-order valence-corrected chi connectivity index (χ3v) is 2.75. The minimum Gasteiger partial charge on any atom is -0.485 e. The number of carbonyl (C=O) groups excluding carboxylic acids is 1. The van der Waals surface area contributed by atoms with Crippen LogP contribution in [0.1, 0.15) is 32.2 Å². The summed E-state index contributed by atoms with van der Waals surface area (Å²) in [5.74, 6) is -2.92. The summed E-state index contributed by atoms with van der Waals surface area (Å²) in [5.41, 5.74) is 5.17. The predicted octanol–water partition coefficient (Wildman–Crippen LogP) is 2.10. The fourth-order valence-corrected chi connectivity index (χ4v) is 1.84. The SMILES string of the molecule is Cc1cc(COc2cccc(F)c2C(N)=O)oc1C(=O)O. The molecule has 1 aromatic heterocycles. The van der Waals surface area contributed by atoms with Crippen LogP contribution < -0.4 is 10.5 Å². The van der Waals surface area contributed by atoms with Crippen molar-refractivity contribution in [2.24, 2.45) is 5.73 Å². The van der Waals surface area contributed by atoms with E-state index in [1.54, 1.807) is 6.92 Å². The minimum absolute atomic E-state index is 0.0339. The normalized spacial score (nSPS) is 10.4. The summed E-state index contributed by atoms with van der Waals surface area (Å²) in [4.78, 5) is 22.1. The van der Waals surface area contributed by atoms with Gasteiger partial charge in [-0.2, -0.15) is 0 Å². The number of ether oxygens (including phenoxy) is 1. The summed E-state index contributed by atoms with van der Waals surface area (Å²) in [7, 11) is 0. The Balaban J connectivity index is 2.21. The van der Waals surface area contributed by atoms with Gasteiger partial charge in [-0.05, 0) is 25.1 Å². The van der Waals surface area contributed by atoms with Crippen molar-refractivity contribution < 1.29 is 28.2 Å². The minimum atomic E-state index is -1.19. The molecule has 0 unspecified atom stereocenters. The predicted molar refractivity (Wildman–Crippen MR) is 69.7 cm³/mol. The highest BCUT2D eigenvalue weighted by atomic mass is 19.1. The fraction of sp³-hybridized carbons (Fsp3) is 0.143. The van der Waals surface area contributed by atoms with Gasteiger partial charge in [0.05, 0.1) is 0 Å². The molecule has 0 aliphatic heterocycles. The number of furan rings is 1. The smallest absolute Gasteiger partial charge is 0.372 e. The Labute approximate surface area is 118 Å². The third kappa shape index (κ3) is 3.02. The first kappa shape index (κ1) is 14.6. The van der Waals surface area contributed by atoms with Crippen LogP contribution in [0.4, 0.5) is 4.39 Å². The van der Waals surface area contributed by atoms with Gasteiger partial charge in [-0.15, -0.1) is 0 Å². The molecule has 2 aromatic rings. The van der Waals surface area contributed by atoms with E-state index in [-0.39, 0.29) is 29.4 Å². The van der Waals surface area contributed by atoms with Crippen molar-refractivity contribution in [3.05, 3.63) is 52.7 Å². The molecule has 0 atom stereocenters. The maximum atomic E-state index is 13.5. The monoisotopic (exact) mass is 293 g/mol. The summed E-state index contributed by atoms with van der Waals surface area (Å²) in [6.45, 7) is 1.42. The van der Waals surface area contributed by atoms with Gasteiger partial charge in [0.25, 0.3) is 5.91 Å². The molecule has 0 spiro atoms. The number of carbonyl (C=O) groups is 2. The number of aromatic carboxylic acids is 1. The van der Waals surface area contributed by atoms with Gasteiger partial charge in [-0.3, -0.25) is 4.79 Å². The molecular formula is C14H12FNO5. The highest BCUT2D eigenvalue weighted by molar-refractivity contribution is 5.95. The molecule has 7 heteroatoms. The van der Waals surface area contributed by atoms with E-state index in [0.29, 0.717) is 5.56 Å². The molecule has 0 radical (unpaired) electrons. The zero-order chi connectivity index (χ0) is 15.6. The molecule has 0 saturated heterocycles. The quantitative estimate of drug-likeness (QED) is 0.878. The lowest BCUT2D eigenvalue weighted by atomic mass is 10.2. The molecule has 6 nitrogen and oxygen atoms in total. The maximum absolute atomic E-state index is 13.5. The molecule has 1 aromatic carbocycles. The average molecular weight is 293 g/mol. The Kier molecular flexibility index (Phi) is 3.93. The Morgan fingerprint density at radius 1 is 1.43 bits per heavy atom. The third-order valence-electron chi connectivity index (χ3n) is 2.75. The molecule has 0 aliphatic rings. The number of nitrogens with two attached hydrogens (primary N) is 1. The number of halogens is 1. The van der Waals surface area contributed by atoms with Crippen LogP contribution in [0.25, 0.3) is 0 Å². The Morgan fingerprint density at radius 3 is 2.71 bits per heavy atom. The lowest BCUT2D eigenvalue weighted by Gasteiger charge is -2.08. The number of aryl methyl sites for hydroxylation is 1. The molecule has 110 valence electrons. The van der Waals surface area contributed by atoms with Crippen LogP contribution in [-0.4, -0.2) is 17.0 Å². The molecule has 0 saturated carbocycles. The van der Waals surface area contributed by atoms with Gasteiger partial charge in [-0.25, -0.2) is 9.18 Å². The first-order valence-corrected chi connectivity index (χ1v) is 5.94. The highest BCUT2D eigenvalue weighted by Crippen LogP contribution is 2.23.